The van der Waals surface area contributed by atoms with E-state index in [0.29, 0.717) is 0 Å². The molecule has 3 rings (SSSR count). The maximum atomic E-state index is 6.69. The fourth-order valence-corrected chi connectivity index (χ4v) is 4.02. The van der Waals surface area contributed by atoms with Crippen molar-refractivity contribution in [3.05, 3.63) is 35.4 Å². The van der Waals surface area contributed by atoms with Crippen LogP contribution >= 0.6 is 0 Å². The van der Waals surface area contributed by atoms with Gasteiger partial charge in [-0.25, -0.2) is 0 Å². The molecule has 1 atom stereocenters. The van der Waals surface area contributed by atoms with Gasteiger partial charge in [-0.1, -0.05) is 56.4 Å². The summed E-state index contributed by atoms with van der Waals surface area (Å²) < 4.78 is 5.99. The summed E-state index contributed by atoms with van der Waals surface area (Å²) in [5.74, 6) is 0.768. The van der Waals surface area contributed by atoms with E-state index in [1.165, 1.54) is 56.1 Å². The van der Waals surface area contributed by atoms with Crippen molar-refractivity contribution in [1.82, 2.24) is 0 Å². The first-order chi connectivity index (χ1) is 10.2. The van der Waals surface area contributed by atoms with Crippen LogP contribution in [0.4, 0.5) is 0 Å². The highest BCUT2D eigenvalue weighted by Crippen LogP contribution is 2.41. The molecular weight excluding hydrogens is 258 g/mol. The number of methoxy groups -OCH3 is 1. The fourth-order valence-electron chi connectivity index (χ4n) is 4.02. The van der Waals surface area contributed by atoms with Crippen LogP contribution in [-0.2, 0) is 4.74 Å². The second kappa shape index (κ2) is 6.50. The Hall–Kier alpha value is -0.860. The normalized spacial score (nSPS) is 24.1. The second-order valence-electron chi connectivity index (χ2n) is 6.96. The van der Waals surface area contributed by atoms with Crippen molar-refractivity contribution < 1.29 is 4.74 Å². The van der Waals surface area contributed by atoms with Crippen LogP contribution in [0.25, 0.3) is 0 Å². The van der Waals surface area contributed by atoms with Gasteiger partial charge in [-0.3, -0.25) is 0 Å². The van der Waals surface area contributed by atoms with Crippen LogP contribution in [0.15, 0.2) is 24.3 Å². The number of hydrogen-bond acceptors (Lipinski definition) is 2. The number of rotatable bonds is 4. The Morgan fingerprint density at radius 3 is 2.38 bits per heavy atom. The molecule has 0 heterocycles. The zero-order valence-corrected chi connectivity index (χ0v) is 13.3. The van der Waals surface area contributed by atoms with Crippen LogP contribution < -0.4 is 5.73 Å². The molecule has 21 heavy (non-hydrogen) atoms. The first-order valence-corrected chi connectivity index (χ1v) is 8.66. The zero-order valence-electron chi connectivity index (χ0n) is 13.3. The Labute approximate surface area is 129 Å². The van der Waals surface area contributed by atoms with Gasteiger partial charge < -0.3 is 10.5 Å². The highest BCUT2D eigenvalue weighted by Gasteiger charge is 2.38. The largest absolute Gasteiger partial charge is 0.376 e. The molecule has 2 nitrogen and oxygen atoms in total. The Bertz CT molecular complexity index is 458. The SMILES string of the molecule is COC1(C(N)c2cccc(C3CCC3)c2)CCCCCC1. The van der Waals surface area contributed by atoms with Crippen molar-refractivity contribution in [2.24, 2.45) is 5.73 Å². The summed E-state index contributed by atoms with van der Waals surface area (Å²) in [6.45, 7) is 0. The monoisotopic (exact) mass is 287 g/mol. The summed E-state index contributed by atoms with van der Waals surface area (Å²) in [5, 5.41) is 0. The van der Waals surface area contributed by atoms with E-state index in [1.807, 2.05) is 7.11 Å². The molecule has 1 unspecified atom stereocenters. The van der Waals surface area contributed by atoms with Crippen LogP contribution in [0.1, 0.15) is 80.9 Å². The van der Waals surface area contributed by atoms with Crippen LogP contribution in [0.2, 0.25) is 0 Å². The Morgan fingerprint density at radius 2 is 1.81 bits per heavy atom. The third kappa shape index (κ3) is 3.02. The number of benzene rings is 1. The molecule has 116 valence electrons. The number of nitrogens with two attached hydrogens (primary N) is 1. The second-order valence-corrected chi connectivity index (χ2v) is 6.96. The molecule has 0 aromatic heterocycles. The van der Waals surface area contributed by atoms with E-state index in [4.69, 9.17) is 10.5 Å². The minimum Gasteiger partial charge on any atom is -0.376 e. The van der Waals surface area contributed by atoms with E-state index < -0.39 is 0 Å². The van der Waals surface area contributed by atoms with E-state index in [0.717, 1.165) is 18.8 Å². The topological polar surface area (TPSA) is 35.2 Å². The van der Waals surface area contributed by atoms with Gasteiger partial charge in [0.2, 0.25) is 0 Å². The molecule has 2 N–H and O–H groups in total. The number of ether oxygens (including phenoxy) is 1. The third-order valence-electron chi connectivity index (χ3n) is 5.77. The van der Waals surface area contributed by atoms with Gasteiger partial charge in [-0.05, 0) is 42.7 Å². The molecule has 0 bridgehead atoms. The minimum atomic E-state index is -0.158. The molecule has 2 aliphatic carbocycles. The quantitative estimate of drug-likeness (QED) is 0.815. The van der Waals surface area contributed by atoms with Gasteiger partial charge in [0.15, 0.2) is 0 Å². The lowest BCUT2D eigenvalue weighted by atomic mass is 9.77. The van der Waals surface area contributed by atoms with Crippen LogP contribution in [0, 0.1) is 0 Å². The summed E-state index contributed by atoms with van der Waals surface area (Å²) in [6.07, 6.45) is 11.4. The Morgan fingerprint density at radius 1 is 1.10 bits per heavy atom. The van der Waals surface area contributed by atoms with Gasteiger partial charge in [0.25, 0.3) is 0 Å². The molecule has 0 amide bonds. The first kappa shape index (κ1) is 15.1. The maximum Gasteiger partial charge on any atom is 0.0870 e. The molecule has 0 radical (unpaired) electrons. The molecular formula is C19H29NO. The zero-order chi connectivity index (χ0) is 14.7. The lowest BCUT2D eigenvalue weighted by molar-refractivity contribution is -0.0442. The van der Waals surface area contributed by atoms with Crippen LogP contribution in [0.5, 0.6) is 0 Å². The highest BCUT2D eigenvalue weighted by atomic mass is 16.5. The lowest BCUT2D eigenvalue weighted by Crippen LogP contribution is -2.42. The highest BCUT2D eigenvalue weighted by molar-refractivity contribution is 5.31. The Balaban J connectivity index is 1.83. The molecule has 2 aliphatic rings. The Kier molecular flexibility index (Phi) is 4.66. The predicted octanol–water partition coefficient (Wildman–Crippen LogP) is 4.69. The first-order valence-electron chi connectivity index (χ1n) is 8.66. The lowest BCUT2D eigenvalue weighted by Gasteiger charge is -2.38. The van der Waals surface area contributed by atoms with Crippen molar-refractivity contribution in [1.29, 1.82) is 0 Å². The van der Waals surface area contributed by atoms with Crippen LogP contribution in [-0.4, -0.2) is 12.7 Å². The smallest absolute Gasteiger partial charge is 0.0870 e. The summed E-state index contributed by atoms with van der Waals surface area (Å²) in [7, 11) is 1.85. The minimum absolute atomic E-state index is 0.000580. The van der Waals surface area contributed by atoms with Crippen LogP contribution in [0.3, 0.4) is 0 Å². The molecule has 0 aliphatic heterocycles. The average Bonchev–Trinajstić information content (AvgIpc) is 2.71. The van der Waals surface area contributed by atoms with Crippen molar-refractivity contribution in [2.75, 3.05) is 7.11 Å². The van der Waals surface area contributed by atoms with Crippen molar-refractivity contribution in [2.45, 2.75) is 75.3 Å². The van der Waals surface area contributed by atoms with Gasteiger partial charge >= 0.3 is 0 Å². The van der Waals surface area contributed by atoms with Gasteiger partial charge in [0.05, 0.1) is 11.6 Å². The van der Waals surface area contributed by atoms with E-state index in [1.54, 1.807) is 0 Å². The summed E-state index contributed by atoms with van der Waals surface area (Å²) in [5.41, 5.74) is 9.28. The summed E-state index contributed by atoms with van der Waals surface area (Å²) in [6, 6.07) is 8.99. The summed E-state index contributed by atoms with van der Waals surface area (Å²) >= 11 is 0. The van der Waals surface area contributed by atoms with Crippen molar-refractivity contribution >= 4 is 0 Å². The molecule has 2 heteroatoms. The van der Waals surface area contributed by atoms with Crippen molar-refractivity contribution in [3.63, 3.8) is 0 Å². The molecule has 1 aromatic carbocycles. The predicted molar refractivity (Wildman–Crippen MR) is 87.4 cm³/mol. The third-order valence-corrected chi connectivity index (χ3v) is 5.77. The van der Waals surface area contributed by atoms with Gasteiger partial charge in [-0.15, -0.1) is 0 Å². The van der Waals surface area contributed by atoms with E-state index in [2.05, 4.69) is 24.3 Å². The van der Waals surface area contributed by atoms with E-state index in [-0.39, 0.29) is 11.6 Å². The average molecular weight is 287 g/mol. The fraction of sp³-hybridized carbons (Fsp3) is 0.684. The summed E-state index contributed by atoms with van der Waals surface area (Å²) in [4.78, 5) is 0. The van der Waals surface area contributed by atoms with Gasteiger partial charge in [0, 0.05) is 7.11 Å². The molecule has 2 fully saturated rings. The molecule has 2 saturated carbocycles. The van der Waals surface area contributed by atoms with E-state index in [9.17, 15) is 0 Å². The molecule has 0 saturated heterocycles. The molecule has 0 spiro atoms. The van der Waals surface area contributed by atoms with Crippen molar-refractivity contribution in [3.8, 4) is 0 Å². The maximum absolute atomic E-state index is 6.69. The van der Waals surface area contributed by atoms with Gasteiger partial charge in [0.1, 0.15) is 0 Å². The molecule has 1 aromatic rings. The number of hydrogen-bond donors (Lipinski definition) is 1. The van der Waals surface area contributed by atoms with E-state index >= 15 is 0 Å². The van der Waals surface area contributed by atoms with Gasteiger partial charge in [-0.2, -0.15) is 0 Å². The standard InChI is InChI=1S/C19H29NO/c1-21-19(12-4-2-3-5-13-19)18(20)17-11-7-10-16(14-17)15-8-6-9-15/h7,10-11,14-15,18H,2-6,8-9,12-13,20H2,1H3.